The zero-order valence-electron chi connectivity index (χ0n) is 13.9. The van der Waals surface area contributed by atoms with Gasteiger partial charge in [0.1, 0.15) is 5.82 Å². The highest BCUT2D eigenvalue weighted by atomic mass is 35.5. The Morgan fingerprint density at radius 3 is 2.70 bits per heavy atom. The summed E-state index contributed by atoms with van der Waals surface area (Å²) in [5.41, 5.74) is 1.08. The summed E-state index contributed by atoms with van der Waals surface area (Å²) >= 11 is 6.29. The van der Waals surface area contributed by atoms with E-state index < -0.39 is 0 Å². The Morgan fingerprint density at radius 1 is 1.30 bits per heavy atom. The molecule has 7 heteroatoms. The molecule has 2 amide bonds. The van der Waals surface area contributed by atoms with Crippen LogP contribution in [0.25, 0.3) is 0 Å². The maximum Gasteiger partial charge on any atom is 0.314 e. The van der Waals surface area contributed by atoms with Gasteiger partial charge >= 0.3 is 6.03 Å². The third-order valence-electron chi connectivity index (χ3n) is 3.90. The van der Waals surface area contributed by atoms with Crippen molar-refractivity contribution in [2.75, 3.05) is 50.7 Å². The van der Waals surface area contributed by atoms with E-state index in [-0.39, 0.29) is 6.03 Å². The van der Waals surface area contributed by atoms with E-state index in [1.807, 2.05) is 26.1 Å². The van der Waals surface area contributed by atoms with E-state index in [0.717, 1.165) is 55.5 Å². The molecule has 0 aromatic carbocycles. The van der Waals surface area contributed by atoms with Gasteiger partial charge in [0.15, 0.2) is 0 Å². The van der Waals surface area contributed by atoms with Gasteiger partial charge in [-0.05, 0) is 38.4 Å². The first kappa shape index (κ1) is 17.8. The van der Waals surface area contributed by atoms with Crippen LogP contribution in [-0.4, -0.2) is 61.7 Å². The van der Waals surface area contributed by atoms with E-state index in [1.54, 1.807) is 0 Å². The van der Waals surface area contributed by atoms with Crippen LogP contribution in [0.3, 0.4) is 0 Å². The minimum Gasteiger partial charge on any atom is -0.353 e. The Bertz CT molecular complexity index is 517. The summed E-state index contributed by atoms with van der Waals surface area (Å²) in [7, 11) is 0. The second kappa shape index (κ2) is 8.93. The van der Waals surface area contributed by atoms with Crippen molar-refractivity contribution in [1.82, 2.24) is 20.5 Å². The van der Waals surface area contributed by atoms with Gasteiger partial charge in [0.05, 0.1) is 5.02 Å². The van der Waals surface area contributed by atoms with Gasteiger partial charge in [0, 0.05) is 45.5 Å². The first-order chi connectivity index (χ1) is 11.1. The number of pyridine rings is 1. The van der Waals surface area contributed by atoms with Crippen molar-refractivity contribution in [3.8, 4) is 0 Å². The van der Waals surface area contributed by atoms with Gasteiger partial charge < -0.3 is 15.5 Å². The van der Waals surface area contributed by atoms with Crippen LogP contribution in [0.15, 0.2) is 12.3 Å². The molecular weight excluding hydrogens is 314 g/mol. The van der Waals surface area contributed by atoms with E-state index in [0.29, 0.717) is 13.1 Å². The molecule has 0 atom stereocenters. The van der Waals surface area contributed by atoms with Crippen molar-refractivity contribution >= 4 is 23.4 Å². The van der Waals surface area contributed by atoms with Crippen molar-refractivity contribution in [1.29, 1.82) is 0 Å². The Hall–Kier alpha value is -1.53. The lowest BCUT2D eigenvalue weighted by molar-refractivity contribution is 0.236. The summed E-state index contributed by atoms with van der Waals surface area (Å²) in [6.07, 6.45) is 2.82. The molecule has 0 saturated carbocycles. The summed E-state index contributed by atoms with van der Waals surface area (Å²) in [6, 6.07) is 1.88. The Kier molecular flexibility index (Phi) is 6.92. The molecule has 1 aromatic heterocycles. The fourth-order valence-corrected chi connectivity index (χ4v) is 3.01. The average Bonchev–Trinajstić information content (AvgIpc) is 2.53. The number of hydrogen-bond donors (Lipinski definition) is 2. The van der Waals surface area contributed by atoms with Gasteiger partial charge in [0.25, 0.3) is 0 Å². The molecule has 128 valence electrons. The molecule has 1 aliphatic rings. The molecule has 0 bridgehead atoms. The number of nitrogens with zero attached hydrogens (tertiary/aromatic N) is 3. The second-order valence-corrected chi connectivity index (χ2v) is 6.19. The van der Waals surface area contributed by atoms with Crippen LogP contribution in [0.1, 0.15) is 18.9 Å². The lowest BCUT2D eigenvalue weighted by atomic mass is 10.2. The van der Waals surface area contributed by atoms with Gasteiger partial charge in [-0.3, -0.25) is 4.90 Å². The van der Waals surface area contributed by atoms with Gasteiger partial charge in [-0.15, -0.1) is 0 Å². The predicted molar refractivity (Wildman–Crippen MR) is 94.3 cm³/mol. The lowest BCUT2D eigenvalue weighted by Gasteiger charge is -2.35. The summed E-state index contributed by atoms with van der Waals surface area (Å²) in [4.78, 5) is 20.4. The number of nitrogens with one attached hydrogen (secondary N) is 2. The third-order valence-corrected chi connectivity index (χ3v) is 4.18. The van der Waals surface area contributed by atoms with Gasteiger partial charge in [0.2, 0.25) is 0 Å². The van der Waals surface area contributed by atoms with Crippen molar-refractivity contribution in [3.63, 3.8) is 0 Å². The number of rotatable bonds is 6. The van der Waals surface area contributed by atoms with Crippen molar-refractivity contribution in [2.45, 2.75) is 20.3 Å². The number of aromatic nitrogens is 1. The van der Waals surface area contributed by atoms with E-state index in [4.69, 9.17) is 11.6 Å². The molecule has 1 saturated heterocycles. The van der Waals surface area contributed by atoms with Crippen LogP contribution < -0.4 is 15.5 Å². The SMILES string of the molecule is CCNC(=O)NCCCN1CCN(c2ncc(C)cc2Cl)CC1. The summed E-state index contributed by atoms with van der Waals surface area (Å²) < 4.78 is 0. The van der Waals surface area contributed by atoms with Gasteiger partial charge in [-0.2, -0.15) is 0 Å². The van der Waals surface area contributed by atoms with Crippen molar-refractivity contribution in [2.24, 2.45) is 0 Å². The molecule has 1 fully saturated rings. The highest BCUT2D eigenvalue weighted by Crippen LogP contribution is 2.24. The fourth-order valence-electron chi connectivity index (χ4n) is 2.67. The van der Waals surface area contributed by atoms with Gasteiger partial charge in [-0.25, -0.2) is 9.78 Å². The second-order valence-electron chi connectivity index (χ2n) is 5.79. The Morgan fingerprint density at radius 2 is 2.04 bits per heavy atom. The van der Waals surface area contributed by atoms with Crippen molar-refractivity contribution in [3.05, 3.63) is 22.8 Å². The number of amides is 2. The summed E-state index contributed by atoms with van der Waals surface area (Å²) in [6.45, 7) is 10.1. The predicted octanol–water partition coefficient (Wildman–Crippen LogP) is 1.87. The largest absolute Gasteiger partial charge is 0.353 e. The fraction of sp³-hybridized carbons (Fsp3) is 0.625. The summed E-state index contributed by atoms with van der Waals surface area (Å²) in [5.74, 6) is 0.884. The molecule has 2 rings (SSSR count). The third kappa shape index (κ3) is 5.55. The Labute approximate surface area is 143 Å². The van der Waals surface area contributed by atoms with Crippen LogP contribution in [-0.2, 0) is 0 Å². The molecule has 0 unspecified atom stereocenters. The zero-order valence-corrected chi connectivity index (χ0v) is 14.7. The number of carbonyl (C=O) groups is 1. The molecule has 2 N–H and O–H groups in total. The van der Waals surface area contributed by atoms with E-state index in [1.165, 1.54) is 0 Å². The molecule has 1 aromatic rings. The molecule has 0 radical (unpaired) electrons. The normalized spacial score (nSPS) is 15.5. The molecular formula is C16H26ClN5O. The zero-order chi connectivity index (χ0) is 16.7. The van der Waals surface area contributed by atoms with Crippen LogP contribution in [0, 0.1) is 6.92 Å². The number of anilines is 1. The highest BCUT2D eigenvalue weighted by molar-refractivity contribution is 6.33. The molecule has 1 aliphatic heterocycles. The smallest absolute Gasteiger partial charge is 0.314 e. The maximum absolute atomic E-state index is 11.3. The van der Waals surface area contributed by atoms with Gasteiger partial charge in [-0.1, -0.05) is 11.6 Å². The van der Waals surface area contributed by atoms with Crippen molar-refractivity contribution < 1.29 is 4.79 Å². The maximum atomic E-state index is 11.3. The molecule has 6 nitrogen and oxygen atoms in total. The lowest BCUT2D eigenvalue weighted by Crippen LogP contribution is -2.47. The van der Waals surface area contributed by atoms with Crippen LogP contribution in [0.4, 0.5) is 10.6 Å². The number of halogens is 1. The van der Waals surface area contributed by atoms with Crippen LogP contribution in [0.5, 0.6) is 0 Å². The highest BCUT2D eigenvalue weighted by Gasteiger charge is 2.19. The standard InChI is InChI=1S/C16H26ClN5O/c1-3-18-16(23)19-5-4-6-21-7-9-22(10-8-21)15-14(17)11-13(2)12-20-15/h11-12H,3-10H2,1-2H3,(H2,18,19,23). The number of urea groups is 1. The first-order valence-electron chi connectivity index (χ1n) is 8.21. The van der Waals surface area contributed by atoms with Crippen LogP contribution in [0.2, 0.25) is 5.02 Å². The number of aryl methyl sites for hydroxylation is 1. The first-order valence-corrected chi connectivity index (χ1v) is 8.59. The van der Waals surface area contributed by atoms with Crippen LogP contribution >= 0.6 is 11.6 Å². The Balaban J connectivity index is 1.69. The van der Waals surface area contributed by atoms with E-state index in [2.05, 4.69) is 25.4 Å². The molecule has 0 spiro atoms. The molecule has 23 heavy (non-hydrogen) atoms. The monoisotopic (exact) mass is 339 g/mol. The average molecular weight is 340 g/mol. The number of carbonyl (C=O) groups excluding carboxylic acids is 1. The van der Waals surface area contributed by atoms with E-state index in [9.17, 15) is 4.79 Å². The topological polar surface area (TPSA) is 60.5 Å². The van der Waals surface area contributed by atoms with E-state index >= 15 is 0 Å². The molecule has 0 aliphatic carbocycles. The quantitative estimate of drug-likeness (QED) is 0.777. The number of hydrogen-bond acceptors (Lipinski definition) is 4. The molecule has 2 heterocycles. The minimum atomic E-state index is -0.0857. The minimum absolute atomic E-state index is 0.0857. The number of piperazine rings is 1. The summed E-state index contributed by atoms with van der Waals surface area (Å²) in [5, 5.41) is 6.31.